The normalized spacial score (nSPS) is 13.7. The van der Waals surface area contributed by atoms with Gasteiger partial charge >= 0.3 is 0 Å². The van der Waals surface area contributed by atoms with E-state index in [1.165, 1.54) is 16.7 Å². The molecule has 4 nitrogen and oxygen atoms in total. The maximum Gasteiger partial charge on any atom is 0.160 e. The number of hydrazine groups is 1. The van der Waals surface area contributed by atoms with Crippen molar-refractivity contribution in [3.05, 3.63) is 76.2 Å². The Hall–Kier alpha value is -2.59. The van der Waals surface area contributed by atoms with E-state index in [2.05, 4.69) is 68.8 Å². The third-order valence-electron chi connectivity index (χ3n) is 5.60. The summed E-state index contributed by atoms with van der Waals surface area (Å²) >= 11 is 0. The number of nitrogens with two attached hydrogens (primary N) is 1. The van der Waals surface area contributed by atoms with Crippen LogP contribution in [-0.4, -0.2) is 12.3 Å². The predicted octanol–water partition coefficient (Wildman–Crippen LogP) is 4.82. The lowest BCUT2D eigenvalue weighted by Crippen LogP contribution is -2.15. The van der Waals surface area contributed by atoms with E-state index in [0.717, 1.165) is 41.0 Å². The number of hydrogen-bond donors (Lipinski definition) is 3. The minimum absolute atomic E-state index is 0.00363. The molecule has 2 aromatic carbocycles. The SMILES string of the molecule is CCNc1ccc([C@@H](CC(=O)C2=C[CH]2)c2ccc(C)c(CC)c2)c(C)c1NN. The lowest BCUT2D eigenvalue weighted by molar-refractivity contribution is -0.115. The van der Waals surface area contributed by atoms with Crippen LogP contribution in [0.2, 0.25) is 0 Å². The Labute approximate surface area is 168 Å². The van der Waals surface area contributed by atoms with Gasteiger partial charge in [-0.15, -0.1) is 0 Å². The minimum Gasteiger partial charge on any atom is -0.384 e. The maximum atomic E-state index is 12.7. The first-order valence-corrected chi connectivity index (χ1v) is 10.0. The predicted molar refractivity (Wildman–Crippen MR) is 118 cm³/mol. The number of carbonyl (C=O) groups excluding carboxylic acids is 1. The van der Waals surface area contributed by atoms with Crippen molar-refractivity contribution in [2.75, 3.05) is 17.3 Å². The van der Waals surface area contributed by atoms with E-state index in [1.807, 2.05) is 12.5 Å². The van der Waals surface area contributed by atoms with Crippen LogP contribution in [0.25, 0.3) is 0 Å². The van der Waals surface area contributed by atoms with Crippen LogP contribution < -0.4 is 16.6 Å². The van der Waals surface area contributed by atoms with Crippen LogP contribution in [0.5, 0.6) is 0 Å². The van der Waals surface area contributed by atoms with Gasteiger partial charge in [0.1, 0.15) is 0 Å². The Morgan fingerprint density at radius 3 is 2.50 bits per heavy atom. The molecule has 0 aromatic heterocycles. The Kier molecular flexibility index (Phi) is 6.20. The first-order chi connectivity index (χ1) is 13.5. The summed E-state index contributed by atoms with van der Waals surface area (Å²) in [5.74, 6) is 6.04. The fourth-order valence-corrected chi connectivity index (χ4v) is 3.86. The zero-order chi connectivity index (χ0) is 20.3. The fourth-order valence-electron chi connectivity index (χ4n) is 3.86. The molecule has 4 N–H and O–H groups in total. The molecule has 0 aliphatic heterocycles. The molecule has 0 heterocycles. The summed E-state index contributed by atoms with van der Waals surface area (Å²) in [5.41, 5.74) is 11.6. The highest BCUT2D eigenvalue weighted by Gasteiger charge is 2.26. The third kappa shape index (κ3) is 4.12. The highest BCUT2D eigenvalue weighted by molar-refractivity contribution is 6.03. The van der Waals surface area contributed by atoms with E-state index in [0.29, 0.717) is 6.42 Å². The molecule has 28 heavy (non-hydrogen) atoms. The van der Waals surface area contributed by atoms with Crippen LogP contribution in [0.1, 0.15) is 54.0 Å². The summed E-state index contributed by atoms with van der Waals surface area (Å²) in [4.78, 5) is 12.7. The number of allylic oxidation sites excluding steroid dienone is 2. The lowest BCUT2D eigenvalue weighted by atomic mass is 9.82. The van der Waals surface area contributed by atoms with Crippen molar-refractivity contribution in [2.24, 2.45) is 5.84 Å². The van der Waals surface area contributed by atoms with Gasteiger partial charge in [-0.25, -0.2) is 0 Å². The van der Waals surface area contributed by atoms with Crippen molar-refractivity contribution in [3.8, 4) is 0 Å². The number of nitrogen functional groups attached to an aromatic ring is 1. The highest BCUT2D eigenvalue weighted by Crippen LogP contribution is 2.38. The van der Waals surface area contributed by atoms with Crippen molar-refractivity contribution in [1.82, 2.24) is 0 Å². The number of hydrogen-bond acceptors (Lipinski definition) is 4. The Bertz CT molecular complexity index is 914. The second kappa shape index (κ2) is 8.61. The molecule has 1 aliphatic carbocycles. The van der Waals surface area contributed by atoms with E-state index in [1.54, 1.807) is 0 Å². The molecule has 0 fully saturated rings. The van der Waals surface area contributed by atoms with E-state index >= 15 is 0 Å². The molecule has 2 aromatic rings. The van der Waals surface area contributed by atoms with Crippen molar-refractivity contribution in [3.63, 3.8) is 0 Å². The number of ketones is 1. The Balaban J connectivity index is 2.08. The highest BCUT2D eigenvalue weighted by atomic mass is 16.1. The maximum absolute atomic E-state index is 12.7. The first-order valence-electron chi connectivity index (χ1n) is 10.0. The number of aryl methyl sites for hydroxylation is 2. The van der Waals surface area contributed by atoms with Crippen LogP contribution >= 0.6 is 0 Å². The average molecular weight is 377 g/mol. The van der Waals surface area contributed by atoms with Crippen molar-refractivity contribution < 1.29 is 4.79 Å². The Morgan fingerprint density at radius 1 is 1.14 bits per heavy atom. The summed E-state index contributed by atoms with van der Waals surface area (Å²) in [5, 5.41) is 3.34. The number of benzene rings is 2. The van der Waals surface area contributed by atoms with E-state index in [4.69, 9.17) is 5.84 Å². The molecule has 1 radical (unpaired) electrons. The van der Waals surface area contributed by atoms with Gasteiger partial charge in [-0.05, 0) is 66.6 Å². The van der Waals surface area contributed by atoms with E-state index in [9.17, 15) is 4.79 Å². The van der Waals surface area contributed by atoms with Crippen LogP contribution in [0.3, 0.4) is 0 Å². The number of nitrogens with one attached hydrogen (secondary N) is 2. The van der Waals surface area contributed by atoms with Crippen molar-refractivity contribution in [1.29, 1.82) is 0 Å². The summed E-state index contributed by atoms with van der Waals surface area (Å²) in [7, 11) is 0. The molecule has 3 rings (SSSR count). The summed E-state index contributed by atoms with van der Waals surface area (Å²) in [6, 6.07) is 10.8. The van der Waals surface area contributed by atoms with E-state index < -0.39 is 0 Å². The van der Waals surface area contributed by atoms with Crippen molar-refractivity contribution in [2.45, 2.75) is 46.5 Å². The van der Waals surface area contributed by atoms with Gasteiger partial charge in [0.2, 0.25) is 0 Å². The smallest absolute Gasteiger partial charge is 0.160 e. The molecule has 0 unspecified atom stereocenters. The van der Waals surface area contributed by atoms with Crippen LogP contribution in [0.15, 0.2) is 42.0 Å². The number of rotatable bonds is 9. The van der Waals surface area contributed by atoms with Gasteiger partial charge in [0, 0.05) is 25.3 Å². The molecule has 147 valence electrons. The van der Waals surface area contributed by atoms with Crippen LogP contribution in [0, 0.1) is 20.3 Å². The second-order valence-corrected chi connectivity index (χ2v) is 7.39. The van der Waals surface area contributed by atoms with Gasteiger partial charge in [0.05, 0.1) is 11.4 Å². The quantitative estimate of drug-likeness (QED) is 0.434. The standard InChI is InChI=1S/C24H30N3O/c1-5-17-13-19(8-7-15(17)3)21(14-23(28)18-9-10-18)20-11-12-22(26-6-2)24(27-25)16(20)4/h7-13,21,26-27H,5-6,14,25H2,1-4H3/t21-/m0/s1. The molecule has 1 atom stereocenters. The van der Waals surface area contributed by atoms with Gasteiger partial charge in [0.15, 0.2) is 5.78 Å². The summed E-state index contributed by atoms with van der Waals surface area (Å²) in [6.45, 7) is 9.25. The molecule has 1 aliphatic rings. The zero-order valence-corrected chi connectivity index (χ0v) is 17.2. The molecule has 4 heteroatoms. The van der Waals surface area contributed by atoms with E-state index in [-0.39, 0.29) is 11.7 Å². The monoisotopic (exact) mass is 376 g/mol. The topological polar surface area (TPSA) is 67.2 Å². The molecule has 0 bridgehead atoms. The first kappa shape index (κ1) is 20.2. The van der Waals surface area contributed by atoms with Crippen LogP contribution in [-0.2, 0) is 11.2 Å². The third-order valence-corrected chi connectivity index (χ3v) is 5.60. The molecular formula is C24H30N3O. The van der Waals surface area contributed by atoms with Crippen molar-refractivity contribution >= 4 is 17.2 Å². The average Bonchev–Trinajstić information content (AvgIpc) is 3.53. The molecule has 0 amide bonds. The fraction of sp³-hybridized carbons (Fsp3) is 0.333. The minimum atomic E-state index is -0.00363. The molecule has 0 saturated heterocycles. The summed E-state index contributed by atoms with van der Waals surface area (Å²) in [6.07, 6.45) is 5.22. The number of carbonyl (C=O) groups is 1. The number of anilines is 2. The van der Waals surface area contributed by atoms with Crippen LogP contribution in [0.4, 0.5) is 11.4 Å². The zero-order valence-electron chi connectivity index (χ0n) is 17.2. The van der Waals surface area contributed by atoms with Gasteiger partial charge in [0.25, 0.3) is 0 Å². The van der Waals surface area contributed by atoms with Gasteiger partial charge in [-0.3, -0.25) is 10.6 Å². The number of Topliss-reactive ketones (excluding diaryl/α,β-unsaturated/α-hetero) is 1. The van der Waals surface area contributed by atoms with Gasteiger partial charge < -0.3 is 10.7 Å². The molecule has 0 saturated carbocycles. The molecule has 0 spiro atoms. The largest absolute Gasteiger partial charge is 0.384 e. The van der Waals surface area contributed by atoms with Gasteiger partial charge in [-0.1, -0.05) is 37.3 Å². The lowest BCUT2D eigenvalue weighted by Gasteiger charge is -2.24. The Morgan fingerprint density at radius 2 is 1.89 bits per heavy atom. The second-order valence-electron chi connectivity index (χ2n) is 7.39. The summed E-state index contributed by atoms with van der Waals surface area (Å²) < 4.78 is 0. The molecular weight excluding hydrogens is 346 g/mol. The van der Waals surface area contributed by atoms with Gasteiger partial charge in [-0.2, -0.15) is 0 Å².